The van der Waals surface area contributed by atoms with Gasteiger partial charge in [0.2, 0.25) is 12.2 Å². The Morgan fingerprint density at radius 1 is 1.42 bits per heavy atom. The van der Waals surface area contributed by atoms with Crippen molar-refractivity contribution < 1.29 is 0 Å². The zero-order chi connectivity index (χ0) is 8.81. The molecule has 0 spiro atoms. The molecule has 66 valence electrons. The first-order chi connectivity index (χ1) is 5.83. The van der Waals surface area contributed by atoms with Crippen molar-refractivity contribution in [3.63, 3.8) is 0 Å². The second kappa shape index (κ2) is 4.57. The third kappa shape index (κ3) is 2.76. The monoisotopic (exact) mass is 167 g/mol. The van der Waals surface area contributed by atoms with Crippen LogP contribution in [0.3, 0.4) is 0 Å². The van der Waals surface area contributed by atoms with Gasteiger partial charge in [0, 0.05) is 13.1 Å². The van der Waals surface area contributed by atoms with E-state index >= 15 is 0 Å². The molecule has 1 saturated heterocycles. The zero-order valence-electron chi connectivity index (χ0n) is 6.95. The Hall–Kier alpha value is -1.28. The Bertz CT molecular complexity index is 198. The molecule has 0 aliphatic carbocycles. The van der Waals surface area contributed by atoms with Crippen molar-refractivity contribution in [2.24, 2.45) is 10.7 Å². The molecular weight excluding hydrogens is 154 g/mol. The van der Waals surface area contributed by atoms with Crippen LogP contribution in [0, 0.1) is 11.5 Å². The van der Waals surface area contributed by atoms with Gasteiger partial charge in [-0.25, -0.2) is 5.01 Å². The predicted octanol–water partition coefficient (Wildman–Crippen LogP) is -0.227. The van der Waals surface area contributed by atoms with E-state index in [0.29, 0.717) is 0 Å². The van der Waals surface area contributed by atoms with E-state index in [0.717, 1.165) is 13.1 Å². The molecule has 0 atom stereocenters. The number of rotatable bonds is 1. The zero-order valence-corrected chi connectivity index (χ0v) is 6.95. The molecule has 0 amide bonds. The minimum absolute atomic E-state index is 0.180. The number of hydrazine groups is 1. The quantitative estimate of drug-likeness (QED) is 0.321. The Morgan fingerprint density at radius 2 is 2.08 bits per heavy atom. The number of hydrogen-bond donors (Lipinski definition) is 2. The molecule has 0 aromatic heterocycles. The van der Waals surface area contributed by atoms with Crippen LogP contribution >= 0.6 is 0 Å². The third-order valence-electron chi connectivity index (χ3n) is 1.80. The summed E-state index contributed by atoms with van der Waals surface area (Å²) in [7, 11) is 0. The van der Waals surface area contributed by atoms with Crippen LogP contribution in [0.5, 0.6) is 0 Å². The molecule has 1 heterocycles. The van der Waals surface area contributed by atoms with Crippen molar-refractivity contribution in [3.8, 4) is 6.19 Å². The van der Waals surface area contributed by atoms with Crippen molar-refractivity contribution in [1.82, 2.24) is 10.4 Å². The summed E-state index contributed by atoms with van der Waals surface area (Å²) in [6.07, 6.45) is 5.25. The lowest BCUT2D eigenvalue weighted by atomic mass is 10.2. The fourth-order valence-electron chi connectivity index (χ4n) is 1.25. The van der Waals surface area contributed by atoms with Crippen molar-refractivity contribution in [2.75, 3.05) is 13.1 Å². The highest BCUT2D eigenvalue weighted by Gasteiger charge is 2.09. The van der Waals surface area contributed by atoms with Gasteiger partial charge in [-0.15, -0.1) is 4.99 Å². The van der Waals surface area contributed by atoms with Crippen LogP contribution in [0.2, 0.25) is 0 Å². The van der Waals surface area contributed by atoms with Crippen molar-refractivity contribution in [2.45, 2.75) is 19.3 Å². The van der Waals surface area contributed by atoms with E-state index < -0.39 is 0 Å². The molecule has 1 aliphatic rings. The maximum atomic E-state index is 8.19. The van der Waals surface area contributed by atoms with Crippen LogP contribution in [-0.2, 0) is 0 Å². The average molecular weight is 167 g/mol. The molecule has 5 heteroatoms. The van der Waals surface area contributed by atoms with Crippen LogP contribution in [0.4, 0.5) is 0 Å². The molecule has 0 bridgehead atoms. The molecule has 0 unspecified atom stereocenters. The topological polar surface area (TPSA) is 77.4 Å². The number of aliphatic imine (C=N–C) groups is 1. The van der Waals surface area contributed by atoms with E-state index in [2.05, 4.69) is 10.4 Å². The van der Waals surface area contributed by atoms with E-state index in [9.17, 15) is 0 Å². The number of guanidine groups is 1. The van der Waals surface area contributed by atoms with E-state index in [1.54, 1.807) is 6.19 Å². The molecule has 0 radical (unpaired) electrons. The number of hydrogen-bond acceptors (Lipinski definition) is 3. The van der Waals surface area contributed by atoms with Crippen molar-refractivity contribution in [1.29, 1.82) is 5.26 Å². The largest absolute Gasteiger partial charge is 0.368 e. The van der Waals surface area contributed by atoms with Crippen LogP contribution in [0.1, 0.15) is 19.3 Å². The first-order valence-corrected chi connectivity index (χ1v) is 4.07. The molecule has 0 saturated carbocycles. The summed E-state index contributed by atoms with van der Waals surface area (Å²) in [6, 6.07) is 0. The van der Waals surface area contributed by atoms with Gasteiger partial charge in [-0.05, 0) is 12.8 Å². The second-order valence-electron chi connectivity index (χ2n) is 2.76. The number of nitrogens with two attached hydrogens (primary N) is 1. The lowest BCUT2D eigenvalue weighted by molar-refractivity contribution is 0.193. The number of nitrogens with one attached hydrogen (secondary N) is 1. The van der Waals surface area contributed by atoms with Gasteiger partial charge in [0.1, 0.15) is 0 Å². The fourth-order valence-corrected chi connectivity index (χ4v) is 1.25. The molecule has 1 fully saturated rings. The van der Waals surface area contributed by atoms with Gasteiger partial charge in [0.25, 0.3) is 0 Å². The fraction of sp³-hybridized carbons (Fsp3) is 0.714. The summed E-state index contributed by atoms with van der Waals surface area (Å²) in [5.41, 5.74) is 8.25. The first-order valence-electron chi connectivity index (χ1n) is 4.07. The Morgan fingerprint density at radius 3 is 2.67 bits per heavy atom. The van der Waals surface area contributed by atoms with E-state index in [1.807, 2.05) is 5.01 Å². The number of nitrogens with zero attached hydrogens (tertiary/aromatic N) is 3. The third-order valence-corrected chi connectivity index (χ3v) is 1.80. The van der Waals surface area contributed by atoms with E-state index in [-0.39, 0.29) is 5.96 Å². The average Bonchev–Trinajstić information content (AvgIpc) is 2.06. The van der Waals surface area contributed by atoms with Crippen molar-refractivity contribution >= 4 is 5.96 Å². The molecule has 1 aliphatic heterocycles. The van der Waals surface area contributed by atoms with Gasteiger partial charge in [-0.3, -0.25) is 5.43 Å². The lowest BCUT2D eigenvalue weighted by Crippen LogP contribution is -2.48. The standard InChI is InChI=1S/C7H13N5/c8-6-10-7(9)11-12-4-2-1-3-5-12/h1-5H2,(H3,9,10,11). The first kappa shape index (κ1) is 8.81. The molecule has 1 rings (SSSR count). The van der Waals surface area contributed by atoms with Crippen LogP contribution in [-0.4, -0.2) is 24.1 Å². The minimum Gasteiger partial charge on any atom is -0.368 e. The van der Waals surface area contributed by atoms with E-state index in [1.165, 1.54) is 19.3 Å². The highest BCUT2D eigenvalue weighted by Crippen LogP contribution is 2.05. The summed E-state index contributed by atoms with van der Waals surface area (Å²) in [5.74, 6) is 0.180. The van der Waals surface area contributed by atoms with Gasteiger partial charge < -0.3 is 5.73 Å². The smallest absolute Gasteiger partial charge is 0.219 e. The highest BCUT2D eigenvalue weighted by atomic mass is 15.5. The van der Waals surface area contributed by atoms with Crippen LogP contribution in [0.25, 0.3) is 0 Å². The SMILES string of the molecule is N#CN=C(N)NN1CCCCC1. The predicted molar refractivity (Wildman–Crippen MR) is 45.8 cm³/mol. The van der Waals surface area contributed by atoms with Gasteiger partial charge in [0.15, 0.2) is 0 Å². The number of nitriles is 1. The molecule has 0 aromatic carbocycles. The Balaban J connectivity index is 2.30. The van der Waals surface area contributed by atoms with Gasteiger partial charge in [-0.1, -0.05) is 6.42 Å². The lowest BCUT2D eigenvalue weighted by Gasteiger charge is -2.26. The normalized spacial score (nSPS) is 20.1. The summed E-state index contributed by atoms with van der Waals surface area (Å²) in [5, 5.41) is 10.2. The highest BCUT2D eigenvalue weighted by molar-refractivity contribution is 5.78. The van der Waals surface area contributed by atoms with Gasteiger partial charge >= 0.3 is 0 Å². The van der Waals surface area contributed by atoms with Crippen LogP contribution in [0.15, 0.2) is 4.99 Å². The minimum atomic E-state index is 0.180. The molecule has 12 heavy (non-hydrogen) atoms. The maximum absolute atomic E-state index is 8.19. The van der Waals surface area contributed by atoms with E-state index in [4.69, 9.17) is 11.0 Å². The molecule has 3 N–H and O–H groups in total. The van der Waals surface area contributed by atoms with Gasteiger partial charge in [0.05, 0.1) is 0 Å². The van der Waals surface area contributed by atoms with Crippen molar-refractivity contribution in [3.05, 3.63) is 0 Å². The summed E-state index contributed by atoms with van der Waals surface area (Å²) >= 11 is 0. The maximum Gasteiger partial charge on any atom is 0.219 e. The Kier molecular flexibility index (Phi) is 3.35. The summed E-state index contributed by atoms with van der Waals surface area (Å²) < 4.78 is 0. The molecular formula is C7H13N5. The molecule has 5 nitrogen and oxygen atoms in total. The second-order valence-corrected chi connectivity index (χ2v) is 2.76. The Labute approximate surface area is 71.8 Å². The number of piperidine rings is 1. The van der Waals surface area contributed by atoms with Crippen LogP contribution < -0.4 is 11.2 Å². The molecule has 0 aromatic rings. The summed E-state index contributed by atoms with van der Waals surface area (Å²) in [4.78, 5) is 3.37. The summed E-state index contributed by atoms with van der Waals surface area (Å²) in [6.45, 7) is 1.95. The van der Waals surface area contributed by atoms with Gasteiger partial charge in [-0.2, -0.15) is 5.26 Å².